The van der Waals surface area contributed by atoms with Crippen molar-refractivity contribution in [1.29, 1.82) is 0 Å². The van der Waals surface area contributed by atoms with Crippen LogP contribution >= 0.6 is 11.6 Å². The minimum absolute atomic E-state index is 0.648. The van der Waals surface area contributed by atoms with Gasteiger partial charge >= 0.3 is 0 Å². The largest absolute Gasteiger partial charge is 0.492 e. The van der Waals surface area contributed by atoms with Crippen molar-refractivity contribution in [2.24, 2.45) is 5.92 Å². The van der Waals surface area contributed by atoms with Gasteiger partial charge in [-0.15, -0.1) is 0 Å². The first kappa shape index (κ1) is 14.3. The first-order valence-electron chi connectivity index (χ1n) is 6.26. The van der Waals surface area contributed by atoms with Crippen LogP contribution in [0.15, 0.2) is 18.2 Å². The molecule has 0 amide bonds. The second kappa shape index (κ2) is 7.57. The molecule has 0 aliphatic heterocycles. The number of hydrogen-bond acceptors (Lipinski definition) is 2. The minimum atomic E-state index is 0.648. The number of para-hydroxylation sites is 1. The van der Waals surface area contributed by atoms with E-state index in [1.54, 1.807) is 0 Å². The Hall–Kier alpha value is -0.730. The fourth-order valence-corrected chi connectivity index (χ4v) is 1.76. The van der Waals surface area contributed by atoms with Gasteiger partial charge in [-0.2, -0.15) is 0 Å². The maximum atomic E-state index is 6.17. The summed E-state index contributed by atoms with van der Waals surface area (Å²) in [5.41, 5.74) is 1.13. The van der Waals surface area contributed by atoms with Crippen molar-refractivity contribution >= 4 is 11.6 Å². The van der Waals surface area contributed by atoms with Gasteiger partial charge in [-0.25, -0.2) is 0 Å². The van der Waals surface area contributed by atoms with E-state index in [0.717, 1.165) is 37.4 Å². The summed E-state index contributed by atoms with van der Waals surface area (Å²) in [4.78, 5) is 0. The Bertz CT molecular complexity index is 339. The summed E-state index contributed by atoms with van der Waals surface area (Å²) in [6.07, 6.45) is 1.05. The lowest BCUT2D eigenvalue weighted by Crippen LogP contribution is -2.13. The molecular formula is C14H22ClNO. The van der Waals surface area contributed by atoms with E-state index in [-0.39, 0.29) is 0 Å². The maximum Gasteiger partial charge on any atom is 0.142 e. The summed E-state index contributed by atoms with van der Waals surface area (Å²) in [5.74, 6) is 1.48. The molecular weight excluding hydrogens is 234 g/mol. The summed E-state index contributed by atoms with van der Waals surface area (Å²) in [6, 6.07) is 5.89. The van der Waals surface area contributed by atoms with Crippen LogP contribution in [-0.4, -0.2) is 13.2 Å². The molecule has 96 valence electrons. The molecule has 1 N–H and O–H groups in total. The number of nitrogens with one attached hydrogen (secondary N) is 1. The minimum Gasteiger partial charge on any atom is -0.492 e. The Morgan fingerprint density at radius 1 is 1.35 bits per heavy atom. The quantitative estimate of drug-likeness (QED) is 0.799. The second-order valence-electron chi connectivity index (χ2n) is 4.54. The number of ether oxygens (including phenoxy) is 1. The van der Waals surface area contributed by atoms with Crippen LogP contribution in [0.3, 0.4) is 0 Å². The molecule has 0 saturated carbocycles. The lowest BCUT2D eigenvalue weighted by Gasteiger charge is -2.14. The predicted molar refractivity (Wildman–Crippen MR) is 73.8 cm³/mol. The van der Waals surface area contributed by atoms with Gasteiger partial charge in [0, 0.05) is 12.1 Å². The monoisotopic (exact) mass is 255 g/mol. The van der Waals surface area contributed by atoms with Gasteiger partial charge in [-0.05, 0) is 24.9 Å². The lowest BCUT2D eigenvalue weighted by atomic mass is 10.1. The van der Waals surface area contributed by atoms with Gasteiger partial charge in [0.2, 0.25) is 0 Å². The van der Waals surface area contributed by atoms with E-state index < -0.39 is 0 Å². The van der Waals surface area contributed by atoms with Crippen LogP contribution < -0.4 is 10.1 Å². The first-order chi connectivity index (χ1) is 8.15. The van der Waals surface area contributed by atoms with Gasteiger partial charge in [0.05, 0.1) is 11.6 Å². The fraction of sp³-hybridized carbons (Fsp3) is 0.571. The van der Waals surface area contributed by atoms with Gasteiger partial charge in [-0.1, -0.05) is 44.5 Å². The Labute approximate surface area is 109 Å². The normalized spacial score (nSPS) is 10.9. The number of halogens is 1. The zero-order chi connectivity index (χ0) is 12.7. The van der Waals surface area contributed by atoms with E-state index in [9.17, 15) is 0 Å². The number of rotatable bonds is 7. The van der Waals surface area contributed by atoms with Gasteiger partial charge in [-0.3, -0.25) is 0 Å². The lowest BCUT2D eigenvalue weighted by molar-refractivity contribution is 0.286. The third-order valence-corrected chi connectivity index (χ3v) is 2.85. The average molecular weight is 256 g/mol. The highest BCUT2D eigenvalue weighted by atomic mass is 35.5. The molecule has 0 fully saturated rings. The molecule has 0 atom stereocenters. The van der Waals surface area contributed by atoms with Gasteiger partial charge in [0.25, 0.3) is 0 Å². The van der Waals surface area contributed by atoms with Crippen LogP contribution in [0.5, 0.6) is 5.75 Å². The Balaban J connectivity index is 2.66. The molecule has 0 aliphatic rings. The molecule has 0 heterocycles. The smallest absolute Gasteiger partial charge is 0.142 e. The van der Waals surface area contributed by atoms with Crippen molar-refractivity contribution < 1.29 is 4.74 Å². The zero-order valence-electron chi connectivity index (χ0n) is 10.9. The summed E-state index contributed by atoms with van der Waals surface area (Å²) in [5, 5.41) is 3.99. The van der Waals surface area contributed by atoms with E-state index in [2.05, 4.69) is 32.2 Å². The molecule has 0 aromatic heterocycles. The average Bonchev–Trinajstić information content (AvgIpc) is 2.29. The van der Waals surface area contributed by atoms with E-state index in [4.69, 9.17) is 16.3 Å². The van der Waals surface area contributed by atoms with Crippen LogP contribution in [-0.2, 0) is 6.54 Å². The third-order valence-electron chi connectivity index (χ3n) is 2.56. The van der Waals surface area contributed by atoms with Crippen LogP contribution in [0.25, 0.3) is 0 Å². The van der Waals surface area contributed by atoms with Crippen LogP contribution in [0.1, 0.15) is 32.8 Å². The molecule has 1 rings (SSSR count). The highest BCUT2D eigenvalue weighted by Gasteiger charge is 2.08. The molecule has 0 unspecified atom stereocenters. The summed E-state index contributed by atoms with van der Waals surface area (Å²) in [6.45, 7) is 8.93. The maximum absolute atomic E-state index is 6.17. The van der Waals surface area contributed by atoms with Crippen molar-refractivity contribution in [2.45, 2.75) is 33.7 Å². The van der Waals surface area contributed by atoms with E-state index in [1.807, 2.05) is 12.1 Å². The SMILES string of the molecule is CCNCc1cccc(Cl)c1OCCC(C)C. The molecule has 0 saturated heterocycles. The van der Waals surface area contributed by atoms with Gasteiger partial charge in [0.15, 0.2) is 0 Å². The van der Waals surface area contributed by atoms with Crippen LogP contribution in [0, 0.1) is 5.92 Å². The molecule has 1 aromatic rings. The number of hydrogen-bond donors (Lipinski definition) is 1. The van der Waals surface area contributed by atoms with Crippen LogP contribution in [0.2, 0.25) is 5.02 Å². The Morgan fingerprint density at radius 3 is 2.76 bits per heavy atom. The summed E-state index contributed by atoms with van der Waals surface area (Å²) in [7, 11) is 0. The summed E-state index contributed by atoms with van der Waals surface area (Å²) >= 11 is 6.17. The highest BCUT2D eigenvalue weighted by Crippen LogP contribution is 2.28. The Morgan fingerprint density at radius 2 is 2.12 bits per heavy atom. The van der Waals surface area contributed by atoms with Crippen molar-refractivity contribution in [3.63, 3.8) is 0 Å². The predicted octanol–water partition coefficient (Wildman–Crippen LogP) is 3.87. The van der Waals surface area contributed by atoms with Gasteiger partial charge < -0.3 is 10.1 Å². The van der Waals surface area contributed by atoms with Crippen molar-refractivity contribution in [1.82, 2.24) is 5.32 Å². The topological polar surface area (TPSA) is 21.3 Å². The molecule has 1 aromatic carbocycles. The highest BCUT2D eigenvalue weighted by molar-refractivity contribution is 6.32. The molecule has 0 aliphatic carbocycles. The van der Waals surface area contributed by atoms with Crippen molar-refractivity contribution in [2.75, 3.05) is 13.2 Å². The second-order valence-corrected chi connectivity index (χ2v) is 4.95. The summed E-state index contributed by atoms with van der Waals surface area (Å²) < 4.78 is 5.80. The van der Waals surface area contributed by atoms with Gasteiger partial charge in [0.1, 0.15) is 5.75 Å². The number of benzene rings is 1. The van der Waals surface area contributed by atoms with Crippen molar-refractivity contribution in [3.05, 3.63) is 28.8 Å². The van der Waals surface area contributed by atoms with Crippen molar-refractivity contribution in [3.8, 4) is 5.75 Å². The molecule has 0 spiro atoms. The van der Waals surface area contributed by atoms with Crippen LogP contribution in [0.4, 0.5) is 0 Å². The fourth-order valence-electron chi connectivity index (χ4n) is 1.51. The molecule has 3 heteroatoms. The zero-order valence-corrected chi connectivity index (χ0v) is 11.7. The Kier molecular flexibility index (Phi) is 6.38. The molecule has 0 radical (unpaired) electrons. The van der Waals surface area contributed by atoms with E-state index in [1.165, 1.54) is 0 Å². The standard InChI is InChI=1S/C14H22ClNO/c1-4-16-10-12-6-5-7-13(15)14(12)17-9-8-11(2)3/h5-7,11,16H,4,8-10H2,1-3H3. The van der Waals surface area contributed by atoms with E-state index in [0.29, 0.717) is 10.9 Å². The molecule has 17 heavy (non-hydrogen) atoms. The molecule has 0 bridgehead atoms. The molecule has 2 nitrogen and oxygen atoms in total. The third kappa shape index (κ3) is 4.97. The van der Waals surface area contributed by atoms with E-state index >= 15 is 0 Å². The first-order valence-corrected chi connectivity index (χ1v) is 6.63.